The Hall–Kier alpha value is -3.67. The molecule has 0 aliphatic carbocycles. The maximum atomic E-state index is 14.4. The van der Waals surface area contributed by atoms with Crippen molar-refractivity contribution >= 4 is 16.7 Å². The number of aromatic nitrogens is 2. The first-order valence-electron chi connectivity index (χ1n) is 9.46. The summed E-state index contributed by atoms with van der Waals surface area (Å²) in [6.45, 7) is 1.79. The molecule has 0 saturated carbocycles. The van der Waals surface area contributed by atoms with Crippen molar-refractivity contribution in [2.75, 3.05) is 0 Å². The first kappa shape index (κ1) is 19.6. The van der Waals surface area contributed by atoms with Gasteiger partial charge in [0, 0.05) is 48.3 Å². The van der Waals surface area contributed by atoms with E-state index in [0.29, 0.717) is 29.7 Å². The number of Topliss-reactive ketones (excluding diaryl/α,β-unsaturated/α-hetero) is 1. The highest BCUT2D eigenvalue weighted by Gasteiger charge is 2.16. The van der Waals surface area contributed by atoms with E-state index in [-0.39, 0.29) is 22.4 Å². The Kier molecular flexibility index (Phi) is 5.48. The molecule has 0 radical (unpaired) electrons. The van der Waals surface area contributed by atoms with Gasteiger partial charge in [0.15, 0.2) is 5.78 Å². The van der Waals surface area contributed by atoms with Crippen molar-refractivity contribution in [2.45, 2.75) is 19.8 Å². The number of ketones is 1. The lowest BCUT2D eigenvalue weighted by Gasteiger charge is -2.14. The van der Waals surface area contributed by atoms with E-state index in [4.69, 9.17) is 4.74 Å². The molecule has 0 N–H and O–H groups in total. The van der Waals surface area contributed by atoms with E-state index in [2.05, 4.69) is 9.97 Å². The number of carbonyl (C=O) groups excluding carboxylic acids is 1. The lowest BCUT2D eigenvalue weighted by atomic mass is 9.99. The second-order valence-electron chi connectivity index (χ2n) is 6.90. The summed E-state index contributed by atoms with van der Waals surface area (Å²) in [5.74, 6) is -0.830. The highest BCUT2D eigenvalue weighted by Crippen LogP contribution is 2.33. The average Bonchev–Trinajstić information content (AvgIpc) is 2.74. The molecule has 0 amide bonds. The van der Waals surface area contributed by atoms with Crippen LogP contribution in [0.2, 0.25) is 0 Å². The van der Waals surface area contributed by atoms with Crippen LogP contribution >= 0.6 is 0 Å². The Balaban J connectivity index is 1.61. The number of carbonyl (C=O) groups is 1. The quantitative estimate of drug-likeness (QED) is 0.380. The maximum absolute atomic E-state index is 14.4. The summed E-state index contributed by atoms with van der Waals surface area (Å²) in [6.07, 6.45) is 5.78. The summed E-state index contributed by atoms with van der Waals surface area (Å²) in [6, 6.07) is 12.4. The zero-order chi connectivity index (χ0) is 21.1. The number of nitrogens with zero attached hydrogens (tertiary/aromatic N) is 2. The summed E-state index contributed by atoms with van der Waals surface area (Å²) < 4.78 is 33.8. The van der Waals surface area contributed by atoms with Crippen molar-refractivity contribution in [3.05, 3.63) is 95.4 Å². The predicted molar refractivity (Wildman–Crippen MR) is 110 cm³/mol. The highest BCUT2D eigenvalue weighted by atomic mass is 19.1. The summed E-state index contributed by atoms with van der Waals surface area (Å²) in [7, 11) is 0. The van der Waals surface area contributed by atoms with E-state index in [1.807, 2.05) is 12.1 Å². The SMILES string of the molecule is Cc1c(Oc2ccnc3cc(F)cc(F)c23)cccc1C(=O)CCc1ccncc1. The molecule has 0 unspecified atom stereocenters. The Morgan fingerprint density at radius 3 is 2.60 bits per heavy atom. The molecule has 4 aromatic rings. The lowest BCUT2D eigenvalue weighted by Crippen LogP contribution is -2.05. The van der Waals surface area contributed by atoms with Crippen LogP contribution in [0.25, 0.3) is 10.9 Å². The van der Waals surface area contributed by atoms with Crippen molar-refractivity contribution < 1.29 is 18.3 Å². The third-order valence-corrected chi connectivity index (χ3v) is 4.91. The summed E-state index contributed by atoms with van der Waals surface area (Å²) in [5.41, 5.74) is 2.40. The molecule has 4 nitrogen and oxygen atoms in total. The number of hydrogen-bond donors (Lipinski definition) is 0. The Bertz CT molecular complexity index is 1230. The summed E-state index contributed by atoms with van der Waals surface area (Å²) >= 11 is 0. The number of rotatable bonds is 6. The predicted octanol–water partition coefficient (Wildman–Crippen LogP) is 5.82. The number of halogens is 2. The molecule has 150 valence electrons. The van der Waals surface area contributed by atoms with Gasteiger partial charge in [-0.05, 0) is 43.2 Å². The molecule has 2 aromatic carbocycles. The Morgan fingerprint density at radius 2 is 1.80 bits per heavy atom. The first-order valence-corrected chi connectivity index (χ1v) is 9.46. The monoisotopic (exact) mass is 404 g/mol. The van der Waals surface area contributed by atoms with Crippen LogP contribution in [0.4, 0.5) is 8.78 Å². The molecule has 4 rings (SSSR count). The van der Waals surface area contributed by atoms with Crippen LogP contribution in [0.5, 0.6) is 11.5 Å². The van der Waals surface area contributed by atoms with Gasteiger partial charge in [0.1, 0.15) is 23.1 Å². The fourth-order valence-corrected chi connectivity index (χ4v) is 3.35. The van der Waals surface area contributed by atoms with Crippen LogP contribution in [-0.4, -0.2) is 15.8 Å². The molecule has 0 spiro atoms. The molecule has 0 aliphatic rings. The molecular formula is C24H18F2N2O2. The van der Waals surface area contributed by atoms with Crippen molar-refractivity contribution in [3.63, 3.8) is 0 Å². The molecule has 6 heteroatoms. The van der Waals surface area contributed by atoms with Crippen LogP contribution in [-0.2, 0) is 6.42 Å². The van der Waals surface area contributed by atoms with E-state index < -0.39 is 11.6 Å². The molecule has 0 fully saturated rings. The minimum atomic E-state index is -0.754. The van der Waals surface area contributed by atoms with Gasteiger partial charge in [0.05, 0.1) is 10.9 Å². The normalized spacial score (nSPS) is 10.9. The summed E-state index contributed by atoms with van der Waals surface area (Å²) in [5, 5.41) is 0.0905. The third kappa shape index (κ3) is 4.03. The maximum Gasteiger partial charge on any atom is 0.163 e. The largest absolute Gasteiger partial charge is 0.456 e. The van der Waals surface area contributed by atoms with Gasteiger partial charge in [-0.3, -0.25) is 14.8 Å². The molecule has 0 atom stereocenters. The zero-order valence-corrected chi connectivity index (χ0v) is 16.2. The van der Waals surface area contributed by atoms with Gasteiger partial charge in [0.25, 0.3) is 0 Å². The minimum absolute atomic E-state index is 0.0115. The lowest BCUT2D eigenvalue weighted by molar-refractivity contribution is 0.0982. The van der Waals surface area contributed by atoms with Gasteiger partial charge in [-0.1, -0.05) is 12.1 Å². The average molecular weight is 404 g/mol. The Morgan fingerprint density at radius 1 is 1.00 bits per heavy atom. The fraction of sp³-hybridized carbons (Fsp3) is 0.125. The van der Waals surface area contributed by atoms with Crippen LogP contribution in [0.1, 0.15) is 27.9 Å². The topological polar surface area (TPSA) is 52.1 Å². The number of hydrogen-bond acceptors (Lipinski definition) is 4. The fourth-order valence-electron chi connectivity index (χ4n) is 3.35. The molecule has 30 heavy (non-hydrogen) atoms. The molecule has 2 aromatic heterocycles. The zero-order valence-electron chi connectivity index (χ0n) is 16.2. The van der Waals surface area contributed by atoms with E-state index in [9.17, 15) is 13.6 Å². The number of fused-ring (bicyclic) bond motifs is 1. The first-order chi connectivity index (χ1) is 14.5. The van der Waals surface area contributed by atoms with E-state index in [1.165, 1.54) is 12.3 Å². The summed E-state index contributed by atoms with van der Waals surface area (Å²) in [4.78, 5) is 20.7. The van der Waals surface area contributed by atoms with Gasteiger partial charge >= 0.3 is 0 Å². The standard InChI is InChI=1S/C24H18F2N2O2/c1-15-18(21(29)6-5-16-7-10-27-11-8-16)3-2-4-22(15)30-23-9-12-28-20-14-17(25)13-19(26)24(20)23/h2-4,7-14H,5-6H2,1H3. The molecule has 0 aliphatic heterocycles. The third-order valence-electron chi connectivity index (χ3n) is 4.91. The minimum Gasteiger partial charge on any atom is -0.456 e. The van der Waals surface area contributed by atoms with Crippen molar-refractivity contribution in [1.29, 1.82) is 0 Å². The van der Waals surface area contributed by atoms with Crippen molar-refractivity contribution in [2.24, 2.45) is 0 Å². The van der Waals surface area contributed by atoms with Crippen molar-refractivity contribution in [1.82, 2.24) is 9.97 Å². The van der Waals surface area contributed by atoms with Crippen LogP contribution in [0, 0.1) is 18.6 Å². The van der Waals surface area contributed by atoms with Gasteiger partial charge in [-0.15, -0.1) is 0 Å². The number of benzene rings is 2. The highest BCUT2D eigenvalue weighted by molar-refractivity contribution is 5.98. The van der Waals surface area contributed by atoms with Crippen LogP contribution in [0.3, 0.4) is 0 Å². The van der Waals surface area contributed by atoms with Gasteiger partial charge < -0.3 is 4.74 Å². The second kappa shape index (κ2) is 8.37. The molecule has 0 saturated heterocycles. The van der Waals surface area contributed by atoms with E-state index in [0.717, 1.165) is 17.7 Å². The van der Waals surface area contributed by atoms with Crippen molar-refractivity contribution in [3.8, 4) is 11.5 Å². The molecular weight excluding hydrogens is 386 g/mol. The molecule has 2 heterocycles. The number of aryl methyl sites for hydroxylation is 1. The van der Waals surface area contributed by atoms with E-state index in [1.54, 1.807) is 37.5 Å². The van der Waals surface area contributed by atoms with E-state index >= 15 is 0 Å². The second-order valence-corrected chi connectivity index (χ2v) is 6.90. The number of pyridine rings is 2. The molecule has 0 bridgehead atoms. The van der Waals surface area contributed by atoms with Crippen LogP contribution < -0.4 is 4.74 Å². The van der Waals surface area contributed by atoms with Gasteiger partial charge in [0.2, 0.25) is 0 Å². The Labute approximate surface area is 172 Å². The number of ether oxygens (including phenoxy) is 1. The van der Waals surface area contributed by atoms with Gasteiger partial charge in [-0.25, -0.2) is 8.78 Å². The smallest absolute Gasteiger partial charge is 0.163 e. The van der Waals surface area contributed by atoms with Crippen LogP contribution in [0.15, 0.2) is 67.1 Å². The van der Waals surface area contributed by atoms with Gasteiger partial charge in [-0.2, -0.15) is 0 Å².